The molecule has 1 atom stereocenters. The normalized spacial score (nSPS) is 14.4. The average Bonchev–Trinajstić information content (AvgIpc) is 3.05. The molecule has 204 valence electrons. The van der Waals surface area contributed by atoms with Crippen LogP contribution in [0, 0.1) is 5.82 Å². The number of anilines is 2. The zero-order valence-electron chi connectivity index (χ0n) is 22.3. The Kier molecular flexibility index (Phi) is 12.2. The molecule has 38 heavy (non-hydrogen) atoms. The molecule has 1 aromatic heterocycles. The van der Waals surface area contributed by atoms with Crippen LogP contribution in [-0.4, -0.2) is 36.6 Å². The smallest absolute Gasteiger partial charge is 0.413 e. The largest absolute Gasteiger partial charge is 0.452 e. The number of aromatic nitrogens is 1. The fraction of sp³-hybridized carbons (Fsp3) is 0.333. The van der Waals surface area contributed by atoms with Gasteiger partial charge < -0.3 is 10.1 Å². The van der Waals surface area contributed by atoms with Gasteiger partial charge in [-0.05, 0) is 60.8 Å². The van der Waals surface area contributed by atoms with Crippen LogP contribution in [0.5, 0.6) is 0 Å². The average molecular weight is 561 g/mol. The number of benzene rings is 1. The predicted molar refractivity (Wildman–Crippen MR) is 157 cm³/mol. The van der Waals surface area contributed by atoms with Crippen molar-refractivity contribution in [2.75, 3.05) is 24.5 Å². The number of carbonyl (C=O) groups excluding carboxylic acids is 1. The Balaban J connectivity index is 0.00000247. The summed E-state index contributed by atoms with van der Waals surface area (Å²) in [6, 6.07) is 6.28. The van der Waals surface area contributed by atoms with Gasteiger partial charge in [-0.2, -0.15) is 0 Å². The van der Waals surface area contributed by atoms with Gasteiger partial charge in [-0.1, -0.05) is 49.7 Å². The van der Waals surface area contributed by atoms with Crippen molar-refractivity contribution in [1.29, 1.82) is 0 Å². The number of hydrogen-bond donors (Lipinski definition) is 3. The number of nitrogens with one attached hydrogen (secondary N) is 3. The molecule has 0 bridgehead atoms. The molecule has 1 unspecified atom stereocenters. The van der Waals surface area contributed by atoms with E-state index in [9.17, 15) is 9.18 Å². The van der Waals surface area contributed by atoms with E-state index >= 15 is 0 Å². The predicted octanol–water partition coefficient (Wildman–Crippen LogP) is 6.50. The fourth-order valence-electron chi connectivity index (χ4n) is 3.93. The molecule has 0 spiro atoms. The van der Waals surface area contributed by atoms with Crippen LogP contribution in [0.3, 0.4) is 0 Å². The lowest BCUT2D eigenvalue weighted by atomic mass is 9.92. The highest BCUT2D eigenvalue weighted by Gasteiger charge is 2.26. The van der Waals surface area contributed by atoms with E-state index in [1.807, 2.05) is 26.8 Å². The summed E-state index contributed by atoms with van der Waals surface area (Å²) in [7, 11) is 2.83. The summed E-state index contributed by atoms with van der Waals surface area (Å²) in [5.74, 6) is 0.0679. The van der Waals surface area contributed by atoms with Gasteiger partial charge in [0, 0.05) is 25.9 Å². The van der Waals surface area contributed by atoms with Crippen LogP contribution in [0.1, 0.15) is 50.8 Å². The summed E-state index contributed by atoms with van der Waals surface area (Å²) in [6.07, 6.45) is 6.06. The van der Waals surface area contributed by atoms with Crippen molar-refractivity contribution in [3.05, 3.63) is 76.4 Å². The second-order valence-electron chi connectivity index (χ2n) is 8.04. The standard InChI is InChI=1S/C25H28ClFN6O2S.C2H6/c1-5-28-12-11-17-15(2)9-10-18-19(7-6-8-21(18)27)22(17)30-24(36)32-31-23-20(26)13-16(14-29-23)33(3)25(34)35-4;1-2/h5-8,12-14,22H,1,9-11H2,2-4H3,(H,29,31)(H2,30,32,36);1-2H3. The van der Waals surface area contributed by atoms with Crippen molar-refractivity contribution >= 4 is 52.7 Å². The lowest BCUT2D eigenvalue weighted by Gasteiger charge is -2.25. The molecule has 1 heterocycles. The van der Waals surface area contributed by atoms with E-state index in [-0.39, 0.29) is 22.0 Å². The van der Waals surface area contributed by atoms with E-state index in [0.717, 1.165) is 23.1 Å². The number of nitrogens with zero attached hydrogens (tertiary/aromatic N) is 3. The van der Waals surface area contributed by atoms with Crippen LogP contribution in [0.2, 0.25) is 5.02 Å². The highest BCUT2D eigenvalue weighted by molar-refractivity contribution is 7.80. The van der Waals surface area contributed by atoms with Crippen molar-refractivity contribution in [2.45, 2.75) is 46.1 Å². The SMILES string of the molecule is C=CN=CCC1=C(C)CCc2c(F)cccc2C1NC(=S)NNc1ncc(N(C)C(=O)OC)cc1Cl.CC. The van der Waals surface area contributed by atoms with Crippen LogP contribution < -0.4 is 21.1 Å². The molecule has 1 aromatic carbocycles. The number of hydrogen-bond acceptors (Lipinski definition) is 6. The van der Waals surface area contributed by atoms with Gasteiger partial charge in [0.2, 0.25) is 0 Å². The molecule has 1 aliphatic carbocycles. The Morgan fingerprint density at radius 1 is 1.39 bits per heavy atom. The Hall–Kier alpha value is -3.50. The van der Waals surface area contributed by atoms with Crippen LogP contribution in [0.4, 0.5) is 20.7 Å². The number of methoxy groups -OCH3 is 1. The van der Waals surface area contributed by atoms with Crippen molar-refractivity contribution in [3.63, 3.8) is 0 Å². The molecule has 0 saturated carbocycles. The van der Waals surface area contributed by atoms with Gasteiger partial charge in [0.25, 0.3) is 0 Å². The van der Waals surface area contributed by atoms with Crippen LogP contribution in [0.25, 0.3) is 0 Å². The molecule has 11 heteroatoms. The first-order valence-corrected chi connectivity index (χ1v) is 12.9. The van der Waals surface area contributed by atoms with Crippen molar-refractivity contribution in [3.8, 4) is 0 Å². The van der Waals surface area contributed by atoms with Crippen LogP contribution in [-0.2, 0) is 11.2 Å². The number of fused-ring (bicyclic) bond motifs is 1. The van der Waals surface area contributed by atoms with E-state index in [4.69, 9.17) is 28.6 Å². The van der Waals surface area contributed by atoms with Gasteiger partial charge in [0.05, 0.1) is 30.1 Å². The Morgan fingerprint density at radius 3 is 2.79 bits per heavy atom. The lowest BCUT2D eigenvalue weighted by molar-refractivity contribution is 0.180. The number of carbonyl (C=O) groups is 1. The van der Waals surface area contributed by atoms with Gasteiger partial charge in [-0.25, -0.2) is 14.2 Å². The first kappa shape index (κ1) is 30.7. The number of ether oxygens (including phenoxy) is 1. The Bertz CT molecular complexity index is 1220. The minimum atomic E-state index is -0.547. The highest BCUT2D eigenvalue weighted by atomic mass is 35.5. The van der Waals surface area contributed by atoms with Gasteiger partial charge in [-0.3, -0.25) is 20.7 Å². The molecule has 2 aromatic rings. The highest BCUT2D eigenvalue weighted by Crippen LogP contribution is 2.35. The summed E-state index contributed by atoms with van der Waals surface area (Å²) in [4.78, 5) is 21.4. The topological polar surface area (TPSA) is 90.9 Å². The third-order valence-corrected chi connectivity index (χ3v) is 6.38. The summed E-state index contributed by atoms with van der Waals surface area (Å²) in [5.41, 5.74) is 9.92. The maximum absolute atomic E-state index is 14.7. The minimum Gasteiger partial charge on any atom is -0.452 e. The van der Waals surface area contributed by atoms with E-state index < -0.39 is 6.09 Å². The zero-order chi connectivity index (χ0) is 28.2. The first-order chi connectivity index (χ1) is 18.3. The van der Waals surface area contributed by atoms with Gasteiger partial charge >= 0.3 is 6.09 Å². The number of halogens is 2. The number of thiocarbonyl (C=S) groups is 1. The second-order valence-corrected chi connectivity index (χ2v) is 8.86. The maximum atomic E-state index is 14.7. The molecular formula is C27H34ClFN6O2S. The van der Waals surface area contributed by atoms with Gasteiger partial charge in [-0.15, -0.1) is 0 Å². The van der Waals surface area contributed by atoms with Crippen molar-refractivity contribution < 1.29 is 13.9 Å². The number of pyridine rings is 1. The number of aliphatic imine (C=N–C) groups is 1. The molecule has 1 amide bonds. The summed E-state index contributed by atoms with van der Waals surface area (Å²) >= 11 is 11.9. The van der Waals surface area contributed by atoms with Crippen molar-refractivity contribution in [1.82, 2.24) is 15.7 Å². The van der Waals surface area contributed by atoms with E-state index in [0.29, 0.717) is 29.9 Å². The van der Waals surface area contributed by atoms with Gasteiger partial charge in [0.15, 0.2) is 10.9 Å². The van der Waals surface area contributed by atoms with E-state index in [1.165, 1.54) is 30.5 Å². The number of allylic oxidation sites excluding steroid dienone is 1. The first-order valence-electron chi connectivity index (χ1n) is 12.1. The number of amides is 1. The molecule has 1 aliphatic rings. The molecule has 3 rings (SSSR count). The Labute approximate surface area is 234 Å². The van der Waals surface area contributed by atoms with Crippen LogP contribution in [0.15, 0.2) is 59.4 Å². The molecule has 0 saturated heterocycles. The van der Waals surface area contributed by atoms with Crippen molar-refractivity contribution in [2.24, 2.45) is 4.99 Å². The molecule has 8 nitrogen and oxygen atoms in total. The summed E-state index contributed by atoms with van der Waals surface area (Å²) in [5, 5.41) is 3.82. The summed E-state index contributed by atoms with van der Waals surface area (Å²) in [6.45, 7) is 9.67. The Morgan fingerprint density at radius 2 is 2.13 bits per heavy atom. The third-order valence-electron chi connectivity index (χ3n) is 5.87. The fourth-order valence-corrected chi connectivity index (χ4v) is 4.30. The molecule has 3 N–H and O–H groups in total. The van der Waals surface area contributed by atoms with Gasteiger partial charge in [0.1, 0.15) is 5.82 Å². The monoisotopic (exact) mass is 560 g/mol. The van der Waals surface area contributed by atoms with E-state index in [1.54, 1.807) is 25.4 Å². The van der Waals surface area contributed by atoms with E-state index in [2.05, 4.69) is 32.7 Å². The quantitative estimate of drug-likeness (QED) is 0.154. The lowest BCUT2D eigenvalue weighted by Crippen LogP contribution is -2.41. The summed E-state index contributed by atoms with van der Waals surface area (Å²) < 4.78 is 19.4. The molecule has 0 aliphatic heterocycles. The molecule has 0 radical (unpaired) electrons. The zero-order valence-corrected chi connectivity index (χ0v) is 23.8. The molecule has 0 fully saturated rings. The number of hydrazine groups is 1. The minimum absolute atomic E-state index is 0.238. The number of rotatable bonds is 7. The molecular weight excluding hydrogens is 527 g/mol. The maximum Gasteiger partial charge on any atom is 0.413 e. The second kappa shape index (κ2) is 15.0. The van der Waals surface area contributed by atoms with Crippen LogP contribution >= 0.6 is 23.8 Å². The third kappa shape index (κ3) is 7.75.